The highest BCUT2D eigenvalue weighted by atomic mass is 32.1. The number of thiophene rings is 2. The van der Waals surface area contributed by atoms with Crippen molar-refractivity contribution in [1.82, 2.24) is 4.98 Å². The van der Waals surface area contributed by atoms with E-state index in [0.717, 1.165) is 40.7 Å². The molecule has 3 N–H and O–H groups in total. The SMILES string of the molecule is Cc1ccc2c(N)c(C(=O)Nc3sc4c(c3C#N)CCC(C)C4)sc2n1. The fraction of sp³-hybridized carbons (Fsp3) is 0.316. The maximum Gasteiger partial charge on any atom is 0.268 e. The molecule has 1 aliphatic carbocycles. The number of aromatic nitrogens is 1. The van der Waals surface area contributed by atoms with Crippen LogP contribution in [0.25, 0.3) is 10.2 Å². The lowest BCUT2D eigenvalue weighted by Crippen LogP contribution is -2.12. The summed E-state index contributed by atoms with van der Waals surface area (Å²) in [5.41, 5.74) is 9.23. The van der Waals surface area contributed by atoms with E-state index in [4.69, 9.17) is 5.73 Å². The third-order valence-corrected chi connectivity index (χ3v) is 7.07. The number of anilines is 2. The highest BCUT2D eigenvalue weighted by molar-refractivity contribution is 7.21. The van der Waals surface area contributed by atoms with Crippen molar-refractivity contribution < 1.29 is 4.79 Å². The zero-order valence-electron chi connectivity index (χ0n) is 14.5. The van der Waals surface area contributed by atoms with Gasteiger partial charge in [0.1, 0.15) is 20.8 Å². The fourth-order valence-corrected chi connectivity index (χ4v) is 5.77. The molecule has 7 heteroatoms. The quantitative estimate of drug-likeness (QED) is 0.683. The number of rotatable bonds is 2. The number of nitrogens with zero attached hydrogens (tertiary/aromatic N) is 2. The van der Waals surface area contributed by atoms with E-state index < -0.39 is 0 Å². The number of amides is 1. The predicted molar refractivity (Wildman–Crippen MR) is 107 cm³/mol. The Hall–Kier alpha value is -2.43. The number of nitriles is 1. The summed E-state index contributed by atoms with van der Waals surface area (Å²) in [6.45, 7) is 4.13. The van der Waals surface area contributed by atoms with E-state index in [1.165, 1.54) is 27.6 Å². The highest BCUT2D eigenvalue weighted by Crippen LogP contribution is 2.40. The Kier molecular flexibility index (Phi) is 4.17. The van der Waals surface area contributed by atoms with Gasteiger partial charge in [-0.05, 0) is 49.8 Å². The van der Waals surface area contributed by atoms with Crippen molar-refractivity contribution in [1.29, 1.82) is 5.26 Å². The van der Waals surface area contributed by atoms with Crippen molar-refractivity contribution in [3.05, 3.63) is 38.7 Å². The van der Waals surface area contributed by atoms with E-state index in [-0.39, 0.29) is 5.91 Å². The zero-order valence-corrected chi connectivity index (χ0v) is 16.2. The Morgan fingerprint density at radius 1 is 1.42 bits per heavy atom. The van der Waals surface area contributed by atoms with E-state index in [1.54, 1.807) is 0 Å². The fourth-order valence-electron chi connectivity index (χ4n) is 3.38. The number of carbonyl (C=O) groups is 1. The summed E-state index contributed by atoms with van der Waals surface area (Å²) in [5, 5.41) is 13.9. The maximum absolute atomic E-state index is 12.8. The van der Waals surface area contributed by atoms with Crippen molar-refractivity contribution in [2.24, 2.45) is 5.92 Å². The van der Waals surface area contributed by atoms with Crippen LogP contribution in [0, 0.1) is 24.2 Å². The number of nitrogen functional groups attached to an aromatic ring is 1. The molecule has 0 fully saturated rings. The van der Waals surface area contributed by atoms with Crippen molar-refractivity contribution in [3.8, 4) is 6.07 Å². The molecule has 1 amide bonds. The standard InChI is InChI=1S/C19H18N4OS2/c1-9-3-5-11-13(8-20)19(25-14(11)7-9)23-17(24)16-15(21)12-6-4-10(2)22-18(12)26-16/h4,6,9H,3,5,7,21H2,1-2H3,(H,23,24). The first-order valence-corrected chi connectivity index (χ1v) is 10.1. The van der Waals surface area contributed by atoms with Crippen LogP contribution in [0.5, 0.6) is 0 Å². The van der Waals surface area contributed by atoms with Gasteiger partial charge >= 0.3 is 0 Å². The van der Waals surface area contributed by atoms with Gasteiger partial charge in [0.2, 0.25) is 0 Å². The van der Waals surface area contributed by atoms with Crippen LogP contribution in [0.2, 0.25) is 0 Å². The van der Waals surface area contributed by atoms with Crippen molar-refractivity contribution in [3.63, 3.8) is 0 Å². The maximum atomic E-state index is 12.8. The molecule has 0 bridgehead atoms. The summed E-state index contributed by atoms with van der Waals surface area (Å²) in [7, 11) is 0. The molecule has 0 radical (unpaired) electrons. The lowest BCUT2D eigenvalue weighted by atomic mass is 9.89. The van der Waals surface area contributed by atoms with Crippen LogP contribution >= 0.6 is 22.7 Å². The molecule has 0 aliphatic heterocycles. The third kappa shape index (κ3) is 2.75. The van der Waals surface area contributed by atoms with Crippen LogP contribution in [0.15, 0.2) is 12.1 Å². The third-order valence-electron chi connectivity index (χ3n) is 4.79. The number of fused-ring (bicyclic) bond motifs is 2. The number of nitrogens with two attached hydrogens (primary N) is 1. The van der Waals surface area contributed by atoms with Gasteiger partial charge in [0, 0.05) is 16.0 Å². The predicted octanol–water partition coefficient (Wildman–Crippen LogP) is 4.50. The molecular formula is C19H18N4OS2. The van der Waals surface area contributed by atoms with Gasteiger partial charge in [-0.15, -0.1) is 22.7 Å². The summed E-state index contributed by atoms with van der Waals surface area (Å²) in [4.78, 5) is 19.7. The Labute approximate surface area is 159 Å². The second-order valence-corrected chi connectivity index (χ2v) is 8.88. The Balaban J connectivity index is 1.69. The molecule has 5 nitrogen and oxygen atoms in total. The van der Waals surface area contributed by atoms with Gasteiger partial charge in [0.15, 0.2) is 0 Å². The molecule has 0 aromatic carbocycles. The minimum atomic E-state index is -0.272. The topological polar surface area (TPSA) is 91.8 Å². The molecule has 1 aliphatic rings. The lowest BCUT2D eigenvalue weighted by molar-refractivity contribution is 0.103. The van der Waals surface area contributed by atoms with E-state index in [1.807, 2.05) is 19.1 Å². The molecule has 1 atom stereocenters. The second-order valence-electron chi connectivity index (χ2n) is 6.77. The summed E-state index contributed by atoms with van der Waals surface area (Å²) in [6, 6.07) is 6.06. The first-order chi connectivity index (χ1) is 12.5. The van der Waals surface area contributed by atoms with Crippen molar-refractivity contribution in [2.75, 3.05) is 11.1 Å². The van der Waals surface area contributed by atoms with Gasteiger partial charge in [-0.1, -0.05) is 6.92 Å². The molecule has 3 heterocycles. The number of carbonyl (C=O) groups excluding carboxylic acids is 1. The molecule has 132 valence electrons. The first kappa shape index (κ1) is 17.0. The van der Waals surface area contributed by atoms with Crippen LogP contribution in [-0.4, -0.2) is 10.9 Å². The molecule has 0 saturated carbocycles. The summed E-state index contributed by atoms with van der Waals surface area (Å²) >= 11 is 2.81. The van der Waals surface area contributed by atoms with Crippen LogP contribution in [-0.2, 0) is 12.8 Å². The molecule has 3 aromatic heterocycles. The Bertz CT molecular complexity index is 1070. The minimum absolute atomic E-state index is 0.272. The summed E-state index contributed by atoms with van der Waals surface area (Å²) < 4.78 is 0. The first-order valence-electron chi connectivity index (χ1n) is 8.49. The average molecular weight is 383 g/mol. The molecule has 1 unspecified atom stereocenters. The van der Waals surface area contributed by atoms with Crippen LogP contribution in [0.4, 0.5) is 10.7 Å². The molecule has 26 heavy (non-hydrogen) atoms. The van der Waals surface area contributed by atoms with Crippen LogP contribution in [0.3, 0.4) is 0 Å². The molecule has 4 rings (SSSR count). The van der Waals surface area contributed by atoms with E-state index in [2.05, 4.69) is 23.3 Å². The summed E-state index contributed by atoms with van der Waals surface area (Å²) in [5.74, 6) is 0.343. The molecular weight excluding hydrogens is 364 g/mol. The van der Waals surface area contributed by atoms with E-state index >= 15 is 0 Å². The minimum Gasteiger partial charge on any atom is -0.397 e. The molecule has 0 saturated heterocycles. The van der Waals surface area contributed by atoms with Crippen molar-refractivity contribution >= 4 is 49.5 Å². The number of aryl methyl sites for hydroxylation is 1. The number of hydrogen-bond acceptors (Lipinski definition) is 6. The Morgan fingerprint density at radius 2 is 2.23 bits per heavy atom. The van der Waals surface area contributed by atoms with Gasteiger partial charge < -0.3 is 11.1 Å². The smallest absolute Gasteiger partial charge is 0.268 e. The van der Waals surface area contributed by atoms with E-state index in [0.29, 0.717) is 27.0 Å². The van der Waals surface area contributed by atoms with Gasteiger partial charge in [-0.2, -0.15) is 5.26 Å². The van der Waals surface area contributed by atoms with Gasteiger partial charge in [-0.3, -0.25) is 4.79 Å². The number of hydrogen-bond donors (Lipinski definition) is 2. The van der Waals surface area contributed by atoms with E-state index in [9.17, 15) is 10.1 Å². The van der Waals surface area contributed by atoms with Gasteiger partial charge in [0.25, 0.3) is 5.91 Å². The highest BCUT2D eigenvalue weighted by Gasteiger charge is 2.26. The lowest BCUT2D eigenvalue weighted by Gasteiger charge is -2.17. The second kappa shape index (κ2) is 6.38. The molecule has 3 aromatic rings. The normalized spacial score (nSPS) is 16.3. The van der Waals surface area contributed by atoms with Gasteiger partial charge in [0.05, 0.1) is 11.3 Å². The number of pyridine rings is 1. The van der Waals surface area contributed by atoms with Crippen LogP contribution in [0.1, 0.15) is 44.7 Å². The monoisotopic (exact) mass is 382 g/mol. The summed E-state index contributed by atoms with van der Waals surface area (Å²) in [6.07, 6.45) is 2.96. The zero-order chi connectivity index (χ0) is 18.4. The average Bonchev–Trinajstić information content (AvgIpc) is 3.11. The van der Waals surface area contributed by atoms with Crippen molar-refractivity contribution in [2.45, 2.75) is 33.1 Å². The Morgan fingerprint density at radius 3 is 3.00 bits per heavy atom. The molecule has 0 spiro atoms. The number of nitrogens with one attached hydrogen (secondary N) is 1. The van der Waals surface area contributed by atoms with Crippen LogP contribution < -0.4 is 11.1 Å². The van der Waals surface area contributed by atoms with Gasteiger partial charge in [-0.25, -0.2) is 4.98 Å². The largest absolute Gasteiger partial charge is 0.397 e.